The van der Waals surface area contributed by atoms with Crippen LogP contribution in [0.2, 0.25) is 0 Å². The van der Waals surface area contributed by atoms with Gasteiger partial charge in [0.2, 0.25) is 11.8 Å². The lowest BCUT2D eigenvalue weighted by Gasteiger charge is -1.98. The number of hydrogen-bond donors (Lipinski definition) is 2. The van der Waals surface area contributed by atoms with Crippen LogP contribution in [-0.2, 0) is 0 Å². The van der Waals surface area contributed by atoms with Gasteiger partial charge in [-0.25, -0.2) is 0 Å². The Bertz CT molecular complexity index is 212. The molecule has 1 rings (SSSR count). The van der Waals surface area contributed by atoms with Crippen molar-refractivity contribution in [3.8, 4) is 0 Å². The summed E-state index contributed by atoms with van der Waals surface area (Å²) in [6, 6.07) is -0.246. The van der Waals surface area contributed by atoms with Crippen molar-refractivity contribution in [3.63, 3.8) is 0 Å². The number of aromatic nitrogens is 2. The first-order valence-corrected chi connectivity index (χ1v) is 3.53. The normalized spacial score (nSPS) is 13.5. The van der Waals surface area contributed by atoms with Crippen LogP contribution in [0.3, 0.4) is 0 Å². The van der Waals surface area contributed by atoms with E-state index in [1.54, 1.807) is 6.92 Å². The molecule has 0 amide bonds. The van der Waals surface area contributed by atoms with Gasteiger partial charge in [0.05, 0.1) is 6.04 Å². The largest absolute Gasteiger partial charge is 0.424 e. The quantitative estimate of drug-likeness (QED) is 0.609. The van der Waals surface area contributed by atoms with Gasteiger partial charge in [-0.1, -0.05) is 0 Å². The Balaban J connectivity index is 2.74. The van der Waals surface area contributed by atoms with Gasteiger partial charge in [-0.3, -0.25) is 0 Å². The summed E-state index contributed by atoms with van der Waals surface area (Å²) < 4.78 is 5.04. The topological polar surface area (TPSA) is 64.9 Å². The lowest BCUT2D eigenvalue weighted by molar-refractivity contribution is 0.444. The van der Waals surface area contributed by atoms with E-state index in [1.165, 1.54) is 0 Å². The zero-order chi connectivity index (χ0) is 7.56. The molecule has 0 bridgehead atoms. The number of thiol groups is 1. The fourth-order valence-electron chi connectivity index (χ4n) is 0.540. The second kappa shape index (κ2) is 3.03. The molecule has 10 heavy (non-hydrogen) atoms. The van der Waals surface area contributed by atoms with E-state index in [9.17, 15) is 0 Å². The molecule has 5 heteroatoms. The highest BCUT2D eigenvalue weighted by molar-refractivity contribution is 7.80. The number of nitrogens with two attached hydrogens (primary N) is 1. The van der Waals surface area contributed by atoms with Gasteiger partial charge in [-0.15, -0.1) is 10.2 Å². The first kappa shape index (κ1) is 7.56. The second-order valence-corrected chi connectivity index (χ2v) is 2.31. The first-order chi connectivity index (χ1) is 4.74. The SMILES string of the molecule is Cc1nnc([C@@H](N)CS)o1. The monoisotopic (exact) mass is 159 g/mol. The summed E-state index contributed by atoms with van der Waals surface area (Å²) in [6.45, 7) is 1.72. The van der Waals surface area contributed by atoms with Crippen LogP contribution in [0.25, 0.3) is 0 Å². The Morgan fingerprint density at radius 1 is 1.70 bits per heavy atom. The second-order valence-electron chi connectivity index (χ2n) is 1.95. The Kier molecular flexibility index (Phi) is 2.29. The van der Waals surface area contributed by atoms with E-state index in [0.29, 0.717) is 17.5 Å². The molecule has 0 radical (unpaired) electrons. The molecule has 0 aliphatic heterocycles. The molecule has 0 aliphatic carbocycles. The molecule has 0 saturated carbocycles. The Morgan fingerprint density at radius 2 is 2.40 bits per heavy atom. The van der Waals surface area contributed by atoms with Gasteiger partial charge in [0.25, 0.3) is 0 Å². The van der Waals surface area contributed by atoms with Crippen LogP contribution in [0.1, 0.15) is 17.8 Å². The van der Waals surface area contributed by atoms with Crippen molar-refractivity contribution in [2.75, 3.05) is 5.75 Å². The smallest absolute Gasteiger partial charge is 0.233 e. The molecule has 4 nitrogen and oxygen atoms in total. The highest BCUT2D eigenvalue weighted by Gasteiger charge is 2.09. The highest BCUT2D eigenvalue weighted by atomic mass is 32.1. The van der Waals surface area contributed by atoms with Gasteiger partial charge >= 0.3 is 0 Å². The van der Waals surface area contributed by atoms with Gasteiger partial charge in [0, 0.05) is 12.7 Å². The Labute approximate surface area is 64.2 Å². The highest BCUT2D eigenvalue weighted by Crippen LogP contribution is 2.08. The fourth-order valence-corrected chi connectivity index (χ4v) is 0.696. The van der Waals surface area contributed by atoms with Crippen LogP contribution in [0.4, 0.5) is 0 Å². The van der Waals surface area contributed by atoms with Crippen LogP contribution >= 0.6 is 12.6 Å². The average Bonchev–Trinajstić information content (AvgIpc) is 2.34. The summed E-state index contributed by atoms with van der Waals surface area (Å²) in [6.07, 6.45) is 0. The fraction of sp³-hybridized carbons (Fsp3) is 0.600. The van der Waals surface area contributed by atoms with Gasteiger partial charge < -0.3 is 10.2 Å². The summed E-state index contributed by atoms with van der Waals surface area (Å²) in [5.74, 6) is 1.50. The molecular formula is C5H9N3OS. The van der Waals surface area contributed by atoms with Crippen LogP contribution < -0.4 is 5.73 Å². The van der Waals surface area contributed by atoms with Crippen LogP contribution in [0, 0.1) is 6.92 Å². The molecule has 0 aliphatic rings. The average molecular weight is 159 g/mol. The molecule has 1 aromatic rings. The minimum Gasteiger partial charge on any atom is -0.424 e. The number of nitrogens with zero attached hydrogens (tertiary/aromatic N) is 2. The predicted octanol–water partition coefficient (Wildman–Crippen LogP) is 0.308. The number of hydrogen-bond acceptors (Lipinski definition) is 5. The van der Waals surface area contributed by atoms with Crippen molar-refractivity contribution < 1.29 is 4.42 Å². The maximum Gasteiger partial charge on any atom is 0.233 e. The third-order valence-corrected chi connectivity index (χ3v) is 1.45. The van der Waals surface area contributed by atoms with E-state index in [1.807, 2.05) is 0 Å². The van der Waals surface area contributed by atoms with Gasteiger partial charge in [0.15, 0.2) is 0 Å². The van der Waals surface area contributed by atoms with Crippen LogP contribution in [-0.4, -0.2) is 16.0 Å². The Hall–Kier alpha value is -0.550. The first-order valence-electron chi connectivity index (χ1n) is 2.90. The van der Waals surface area contributed by atoms with E-state index in [0.717, 1.165) is 0 Å². The van der Waals surface area contributed by atoms with Crippen molar-refractivity contribution in [2.45, 2.75) is 13.0 Å². The minimum absolute atomic E-state index is 0.246. The molecule has 0 saturated heterocycles. The van der Waals surface area contributed by atoms with Crippen molar-refractivity contribution in [1.29, 1.82) is 0 Å². The van der Waals surface area contributed by atoms with Crippen LogP contribution in [0.5, 0.6) is 0 Å². The molecule has 1 heterocycles. The van der Waals surface area contributed by atoms with Gasteiger partial charge in [-0.2, -0.15) is 12.6 Å². The van der Waals surface area contributed by atoms with E-state index in [-0.39, 0.29) is 6.04 Å². The Morgan fingerprint density at radius 3 is 2.80 bits per heavy atom. The summed E-state index contributed by atoms with van der Waals surface area (Å²) in [5.41, 5.74) is 5.53. The van der Waals surface area contributed by atoms with E-state index < -0.39 is 0 Å². The maximum atomic E-state index is 5.53. The van der Waals surface area contributed by atoms with Gasteiger partial charge in [-0.05, 0) is 0 Å². The zero-order valence-corrected chi connectivity index (χ0v) is 6.51. The standard InChI is InChI=1S/C5H9N3OS/c1-3-7-8-5(9-3)4(6)2-10/h4,10H,2,6H2,1H3/t4-/m0/s1. The van der Waals surface area contributed by atoms with Crippen molar-refractivity contribution in [3.05, 3.63) is 11.8 Å². The maximum absolute atomic E-state index is 5.53. The molecule has 2 N–H and O–H groups in total. The van der Waals surface area contributed by atoms with Crippen molar-refractivity contribution in [1.82, 2.24) is 10.2 Å². The van der Waals surface area contributed by atoms with E-state index in [4.69, 9.17) is 10.2 Å². The molecule has 1 aromatic heterocycles. The summed E-state index contributed by atoms with van der Waals surface area (Å²) in [5, 5.41) is 7.35. The molecule has 0 aromatic carbocycles. The van der Waals surface area contributed by atoms with Crippen LogP contribution in [0.15, 0.2) is 4.42 Å². The molecular weight excluding hydrogens is 150 g/mol. The summed E-state index contributed by atoms with van der Waals surface area (Å²) >= 11 is 3.98. The third-order valence-electron chi connectivity index (χ3n) is 1.06. The third kappa shape index (κ3) is 1.48. The lowest BCUT2D eigenvalue weighted by Crippen LogP contribution is -2.11. The van der Waals surface area contributed by atoms with E-state index in [2.05, 4.69) is 22.8 Å². The van der Waals surface area contributed by atoms with Crippen molar-refractivity contribution >= 4 is 12.6 Å². The zero-order valence-electron chi connectivity index (χ0n) is 5.61. The molecule has 56 valence electrons. The van der Waals surface area contributed by atoms with Gasteiger partial charge in [0.1, 0.15) is 0 Å². The number of rotatable bonds is 2. The number of aryl methyl sites for hydroxylation is 1. The molecule has 0 spiro atoms. The predicted molar refractivity (Wildman–Crippen MR) is 39.8 cm³/mol. The van der Waals surface area contributed by atoms with E-state index >= 15 is 0 Å². The summed E-state index contributed by atoms with van der Waals surface area (Å²) in [4.78, 5) is 0. The lowest BCUT2D eigenvalue weighted by atomic mass is 10.4. The molecule has 1 atom stereocenters. The summed E-state index contributed by atoms with van der Waals surface area (Å²) in [7, 11) is 0. The molecule has 0 unspecified atom stereocenters. The van der Waals surface area contributed by atoms with Crippen molar-refractivity contribution in [2.24, 2.45) is 5.73 Å². The molecule has 0 fully saturated rings. The minimum atomic E-state index is -0.246.